The van der Waals surface area contributed by atoms with Crippen LogP contribution in [0, 0.1) is 13.8 Å². The van der Waals surface area contributed by atoms with Gasteiger partial charge in [-0.1, -0.05) is 23.8 Å². The van der Waals surface area contributed by atoms with Crippen LogP contribution in [0.4, 0.5) is 8.78 Å². The SMILES string of the molecule is Cc1ccc(C(NN)C(F)(F)Cl)c(C)c1. The third kappa shape index (κ3) is 2.87. The lowest BCUT2D eigenvalue weighted by Gasteiger charge is -2.22. The Morgan fingerprint density at radius 3 is 2.40 bits per heavy atom. The summed E-state index contributed by atoms with van der Waals surface area (Å²) in [6, 6.07) is 3.78. The molecule has 84 valence electrons. The molecule has 0 amide bonds. The Hall–Kier alpha value is -0.710. The molecule has 0 fully saturated rings. The third-order valence-corrected chi connectivity index (χ3v) is 2.45. The van der Waals surface area contributed by atoms with Crippen molar-refractivity contribution in [2.24, 2.45) is 5.84 Å². The number of alkyl halides is 3. The summed E-state index contributed by atoms with van der Waals surface area (Å²) >= 11 is 4.97. The van der Waals surface area contributed by atoms with Crippen LogP contribution >= 0.6 is 11.6 Å². The Morgan fingerprint density at radius 1 is 1.40 bits per heavy atom. The first-order valence-corrected chi connectivity index (χ1v) is 4.84. The quantitative estimate of drug-likeness (QED) is 0.479. The minimum atomic E-state index is -3.41. The highest BCUT2D eigenvalue weighted by Gasteiger charge is 2.38. The lowest BCUT2D eigenvalue weighted by atomic mass is 10.00. The van der Waals surface area contributed by atoms with Crippen LogP contribution in [0.5, 0.6) is 0 Å². The topological polar surface area (TPSA) is 38.0 Å². The molecule has 3 N–H and O–H groups in total. The van der Waals surface area contributed by atoms with Gasteiger partial charge in [0.05, 0.1) is 0 Å². The van der Waals surface area contributed by atoms with Crippen LogP contribution in [-0.4, -0.2) is 5.38 Å². The average Bonchev–Trinajstić information content (AvgIpc) is 2.07. The number of nitrogens with two attached hydrogens (primary N) is 1. The van der Waals surface area contributed by atoms with Crippen molar-refractivity contribution in [3.05, 3.63) is 34.9 Å². The van der Waals surface area contributed by atoms with Gasteiger partial charge in [-0.25, -0.2) is 5.43 Å². The fourth-order valence-corrected chi connectivity index (χ4v) is 1.69. The maximum atomic E-state index is 13.0. The summed E-state index contributed by atoms with van der Waals surface area (Å²) in [5.74, 6) is 5.08. The van der Waals surface area contributed by atoms with Crippen LogP contribution in [0.15, 0.2) is 18.2 Å². The number of hydrazine groups is 1. The standard InChI is InChI=1S/C10H13ClF2N2/c1-6-3-4-8(7(2)5-6)9(15-14)10(11,12)13/h3-5,9,15H,14H2,1-2H3. The van der Waals surface area contributed by atoms with Crippen molar-refractivity contribution in [3.63, 3.8) is 0 Å². The fraction of sp³-hybridized carbons (Fsp3) is 0.400. The van der Waals surface area contributed by atoms with E-state index in [-0.39, 0.29) is 0 Å². The van der Waals surface area contributed by atoms with E-state index in [9.17, 15) is 8.78 Å². The van der Waals surface area contributed by atoms with E-state index in [1.165, 1.54) is 0 Å². The molecule has 15 heavy (non-hydrogen) atoms. The van der Waals surface area contributed by atoms with Gasteiger partial charge in [-0.15, -0.1) is 0 Å². The molecular weight excluding hydrogens is 222 g/mol. The Kier molecular flexibility index (Phi) is 3.65. The number of halogens is 3. The van der Waals surface area contributed by atoms with E-state index in [1.807, 2.05) is 18.4 Å². The first-order valence-electron chi connectivity index (χ1n) is 4.46. The van der Waals surface area contributed by atoms with Crippen LogP contribution in [0.25, 0.3) is 0 Å². The maximum absolute atomic E-state index is 13.0. The molecule has 0 heterocycles. The largest absolute Gasteiger partial charge is 0.342 e. The second kappa shape index (κ2) is 4.43. The molecule has 0 saturated heterocycles. The highest BCUT2D eigenvalue weighted by Crippen LogP contribution is 2.35. The number of nitrogens with one attached hydrogen (secondary N) is 1. The zero-order valence-electron chi connectivity index (χ0n) is 8.52. The van der Waals surface area contributed by atoms with Crippen molar-refractivity contribution in [3.8, 4) is 0 Å². The maximum Gasteiger partial charge on any atom is 0.342 e. The summed E-state index contributed by atoms with van der Waals surface area (Å²) in [5.41, 5.74) is 4.18. The Labute approximate surface area is 92.4 Å². The minimum Gasteiger partial charge on any atom is -0.271 e. The molecule has 0 radical (unpaired) electrons. The van der Waals surface area contributed by atoms with Crippen molar-refractivity contribution < 1.29 is 8.78 Å². The normalized spacial score (nSPS) is 14.0. The molecular formula is C10H13ClF2N2. The van der Waals surface area contributed by atoms with Gasteiger partial charge >= 0.3 is 5.38 Å². The number of rotatable bonds is 3. The zero-order chi connectivity index (χ0) is 11.6. The molecule has 0 aliphatic rings. The van der Waals surface area contributed by atoms with Crippen LogP contribution in [0.3, 0.4) is 0 Å². The molecule has 2 nitrogen and oxygen atoms in total. The third-order valence-electron chi connectivity index (χ3n) is 2.23. The number of hydrogen-bond acceptors (Lipinski definition) is 2. The van der Waals surface area contributed by atoms with Gasteiger partial charge in [-0.3, -0.25) is 5.84 Å². The molecule has 5 heteroatoms. The van der Waals surface area contributed by atoms with Crippen LogP contribution in [-0.2, 0) is 0 Å². The van der Waals surface area contributed by atoms with Crippen LogP contribution in [0.1, 0.15) is 22.7 Å². The molecule has 0 saturated carbocycles. The molecule has 1 atom stereocenters. The van der Waals surface area contributed by atoms with Gasteiger partial charge in [-0.05, 0) is 36.6 Å². The lowest BCUT2D eigenvalue weighted by molar-refractivity contribution is 0.0495. The molecule has 0 spiro atoms. The van der Waals surface area contributed by atoms with Crippen LogP contribution in [0.2, 0.25) is 0 Å². The molecule has 0 bridgehead atoms. The lowest BCUT2D eigenvalue weighted by Crippen LogP contribution is -2.38. The number of hydrogen-bond donors (Lipinski definition) is 2. The summed E-state index contributed by atoms with van der Waals surface area (Å²) in [5, 5.41) is -3.41. The van der Waals surface area contributed by atoms with E-state index in [2.05, 4.69) is 0 Å². The molecule has 0 aliphatic carbocycles. The highest BCUT2D eigenvalue weighted by atomic mass is 35.5. The first-order chi connectivity index (χ1) is 6.86. The van der Waals surface area contributed by atoms with E-state index in [0.29, 0.717) is 5.56 Å². The van der Waals surface area contributed by atoms with Crippen molar-refractivity contribution in [2.45, 2.75) is 25.3 Å². The van der Waals surface area contributed by atoms with Gasteiger partial charge in [0.2, 0.25) is 0 Å². The Bertz CT molecular complexity index is 350. The summed E-state index contributed by atoms with van der Waals surface area (Å²) in [4.78, 5) is 0. The van der Waals surface area contributed by atoms with E-state index in [0.717, 1.165) is 11.1 Å². The number of aryl methyl sites for hydroxylation is 2. The van der Waals surface area contributed by atoms with Gasteiger partial charge in [0, 0.05) is 0 Å². The smallest absolute Gasteiger partial charge is 0.271 e. The number of benzene rings is 1. The van der Waals surface area contributed by atoms with E-state index in [4.69, 9.17) is 17.4 Å². The summed E-state index contributed by atoms with van der Waals surface area (Å²) in [6.07, 6.45) is 0. The predicted molar refractivity (Wildman–Crippen MR) is 56.8 cm³/mol. The summed E-state index contributed by atoms with van der Waals surface area (Å²) in [6.45, 7) is 3.63. The second-order valence-corrected chi connectivity index (χ2v) is 4.01. The molecule has 1 unspecified atom stereocenters. The van der Waals surface area contributed by atoms with Crippen molar-refractivity contribution in [1.82, 2.24) is 5.43 Å². The minimum absolute atomic E-state index is 0.406. The van der Waals surface area contributed by atoms with Gasteiger partial charge in [0.1, 0.15) is 6.04 Å². The van der Waals surface area contributed by atoms with Crippen LogP contribution < -0.4 is 11.3 Å². The summed E-state index contributed by atoms with van der Waals surface area (Å²) in [7, 11) is 0. The van der Waals surface area contributed by atoms with Crippen molar-refractivity contribution >= 4 is 11.6 Å². The predicted octanol–water partition coefficient (Wildman–Crippen LogP) is 2.64. The van der Waals surface area contributed by atoms with E-state index >= 15 is 0 Å². The van der Waals surface area contributed by atoms with Crippen molar-refractivity contribution in [1.29, 1.82) is 0 Å². The average molecular weight is 235 g/mol. The first kappa shape index (κ1) is 12.4. The van der Waals surface area contributed by atoms with Gasteiger partial charge < -0.3 is 0 Å². The molecule has 1 aromatic carbocycles. The van der Waals surface area contributed by atoms with E-state index < -0.39 is 11.4 Å². The summed E-state index contributed by atoms with van der Waals surface area (Å²) < 4.78 is 26.0. The highest BCUT2D eigenvalue weighted by molar-refractivity contribution is 6.22. The van der Waals surface area contributed by atoms with Crippen molar-refractivity contribution in [2.75, 3.05) is 0 Å². The Balaban J connectivity index is 3.13. The van der Waals surface area contributed by atoms with Gasteiger partial charge in [0.25, 0.3) is 0 Å². The molecule has 1 aromatic rings. The second-order valence-electron chi connectivity index (χ2n) is 3.50. The fourth-order valence-electron chi connectivity index (χ4n) is 1.51. The zero-order valence-corrected chi connectivity index (χ0v) is 9.28. The van der Waals surface area contributed by atoms with Gasteiger partial charge in [-0.2, -0.15) is 8.78 Å². The molecule has 1 rings (SSSR count). The van der Waals surface area contributed by atoms with Gasteiger partial charge in [0.15, 0.2) is 0 Å². The molecule has 0 aliphatic heterocycles. The van der Waals surface area contributed by atoms with E-state index in [1.54, 1.807) is 19.1 Å². The monoisotopic (exact) mass is 234 g/mol. The molecule has 0 aromatic heterocycles. The Morgan fingerprint density at radius 2 is 2.00 bits per heavy atom.